The quantitative estimate of drug-likeness (QED) is 0.149. The number of phenolic OH excluding ortho intramolecular Hbond substituents is 2. The number of allylic oxidation sites excluding steroid dienone is 1. The highest BCUT2D eigenvalue weighted by molar-refractivity contribution is 6.02. The lowest BCUT2D eigenvalue weighted by Crippen LogP contribution is -2.49. The zero-order chi connectivity index (χ0) is 39.5. The minimum Gasteiger partial charge on any atom is -0.508 e. The third kappa shape index (κ3) is 8.14. The number of fused-ring (bicyclic) bond motifs is 2. The maximum Gasteiger partial charge on any atom is 0.255 e. The van der Waals surface area contributed by atoms with E-state index in [9.17, 15) is 24.6 Å². The lowest BCUT2D eigenvalue weighted by molar-refractivity contribution is -0.125. The van der Waals surface area contributed by atoms with Gasteiger partial charge in [-0.3, -0.25) is 14.5 Å². The average molecular weight is 768 g/mol. The van der Waals surface area contributed by atoms with Gasteiger partial charge in [0.05, 0.1) is 0 Å². The first kappa shape index (κ1) is 38.3. The van der Waals surface area contributed by atoms with Crippen molar-refractivity contribution >= 4 is 40.6 Å². The fourth-order valence-corrected chi connectivity index (χ4v) is 9.42. The fourth-order valence-electron chi connectivity index (χ4n) is 9.42. The van der Waals surface area contributed by atoms with Gasteiger partial charge in [0, 0.05) is 82.8 Å². The number of aromatic hydroxyl groups is 2. The molecule has 4 aromatic carbocycles. The summed E-state index contributed by atoms with van der Waals surface area (Å²) < 4.78 is 0. The topological polar surface area (TPSA) is 117 Å². The molecule has 0 spiro atoms. The van der Waals surface area contributed by atoms with E-state index in [2.05, 4.69) is 56.4 Å². The van der Waals surface area contributed by atoms with Crippen molar-refractivity contribution in [3.8, 4) is 11.5 Å². The molecule has 2 saturated heterocycles. The summed E-state index contributed by atoms with van der Waals surface area (Å²) in [6.07, 6.45) is 6.48. The molecule has 10 nitrogen and oxygen atoms in total. The third-order valence-electron chi connectivity index (χ3n) is 12.5. The van der Waals surface area contributed by atoms with Crippen LogP contribution in [-0.4, -0.2) is 97.0 Å². The van der Waals surface area contributed by atoms with Crippen LogP contribution in [0.3, 0.4) is 0 Å². The minimum atomic E-state index is -0.656. The number of rotatable bonds is 11. The number of nitrogens with one attached hydrogen (secondary N) is 1. The number of hydrogen-bond acceptors (Lipinski definition) is 8. The number of hydrogen-bond donors (Lipinski definition) is 3. The van der Waals surface area contributed by atoms with Gasteiger partial charge in [-0.25, -0.2) is 0 Å². The molecule has 4 aromatic rings. The number of likely N-dealkylation sites (N-methyl/N-ethyl adjacent to an activating group) is 1. The molecular weight excluding hydrogens is 715 g/mol. The summed E-state index contributed by atoms with van der Waals surface area (Å²) in [5.41, 5.74) is 11.0. The zero-order valence-corrected chi connectivity index (χ0v) is 32.8. The van der Waals surface area contributed by atoms with E-state index in [0.717, 1.165) is 101 Å². The summed E-state index contributed by atoms with van der Waals surface area (Å²) in [5, 5.41) is 22.9. The molecule has 57 heavy (non-hydrogen) atoms. The third-order valence-corrected chi connectivity index (χ3v) is 12.5. The summed E-state index contributed by atoms with van der Waals surface area (Å²) >= 11 is 0. The Hall–Kier alpha value is -5.61. The Bertz CT molecular complexity index is 2130. The van der Waals surface area contributed by atoms with Gasteiger partial charge in [0.15, 0.2) is 0 Å². The second kappa shape index (κ2) is 16.9. The van der Waals surface area contributed by atoms with E-state index in [1.54, 1.807) is 30.1 Å². The standard InChI is InChI=1S/C47H53N5O5/c1-48-46(56)44(6-3-27-53)52-31-36-28-38(13-17-43(36)47(52)57)51-25-23-49(24-26-51)30-32-19-21-50(22-20-32)37-11-7-34(8-12-37)45-41(33-9-14-39(54)15-10-33)5-2-4-35-29-40(55)16-18-42(35)45/h7-18,27-29,32,44,54-55H,2-6,19-26,30-31H2,1H3,(H,48,56). The lowest BCUT2D eigenvalue weighted by atomic mass is 9.87. The number of piperidine rings is 1. The first-order valence-corrected chi connectivity index (χ1v) is 20.6. The highest BCUT2D eigenvalue weighted by Gasteiger charge is 2.36. The predicted octanol–water partition coefficient (Wildman–Crippen LogP) is 6.48. The fraction of sp³-hybridized carbons (Fsp3) is 0.383. The number of amides is 2. The number of phenols is 2. The first-order valence-electron chi connectivity index (χ1n) is 20.6. The molecule has 3 aliphatic heterocycles. The van der Waals surface area contributed by atoms with E-state index in [0.29, 0.717) is 30.2 Å². The van der Waals surface area contributed by atoms with Gasteiger partial charge in [0.2, 0.25) is 5.91 Å². The maximum atomic E-state index is 13.3. The lowest BCUT2D eigenvalue weighted by Gasteiger charge is -2.40. The van der Waals surface area contributed by atoms with Gasteiger partial charge >= 0.3 is 0 Å². The second-order valence-electron chi connectivity index (χ2n) is 16.0. The molecule has 3 heterocycles. The SMILES string of the molecule is CNC(=O)C(CCC=O)N1Cc2cc(N3CCN(CC4CCN(c5ccc(C6=C(c7ccc(O)cc7)CCCc7cc(O)ccc76)cc5)CC4)CC3)ccc2C1=O. The largest absolute Gasteiger partial charge is 0.508 e. The Morgan fingerprint density at radius 3 is 2.16 bits per heavy atom. The number of benzene rings is 4. The summed E-state index contributed by atoms with van der Waals surface area (Å²) in [7, 11) is 1.56. The van der Waals surface area contributed by atoms with Gasteiger partial charge < -0.3 is 35.0 Å². The summed E-state index contributed by atoms with van der Waals surface area (Å²) in [4.78, 5) is 46.0. The number of aryl methyl sites for hydroxylation is 1. The van der Waals surface area contributed by atoms with Gasteiger partial charge in [-0.05, 0) is 138 Å². The highest BCUT2D eigenvalue weighted by Crippen LogP contribution is 2.41. The van der Waals surface area contributed by atoms with E-state index < -0.39 is 6.04 Å². The Kier molecular flexibility index (Phi) is 11.3. The molecule has 0 bridgehead atoms. The molecule has 1 unspecified atom stereocenters. The number of carbonyl (C=O) groups excluding carboxylic acids is 3. The molecule has 0 aromatic heterocycles. The Balaban J connectivity index is 0.865. The smallest absolute Gasteiger partial charge is 0.255 e. The molecule has 2 fully saturated rings. The normalized spacial score (nSPS) is 18.3. The molecule has 296 valence electrons. The number of piperazine rings is 1. The molecule has 10 heteroatoms. The van der Waals surface area contributed by atoms with Crippen molar-refractivity contribution < 1.29 is 24.6 Å². The average Bonchev–Trinajstić information content (AvgIpc) is 3.44. The van der Waals surface area contributed by atoms with Gasteiger partial charge in [-0.2, -0.15) is 0 Å². The second-order valence-corrected chi connectivity index (χ2v) is 16.0. The van der Waals surface area contributed by atoms with E-state index in [4.69, 9.17) is 0 Å². The number of aldehydes is 1. The van der Waals surface area contributed by atoms with Crippen LogP contribution in [0.1, 0.15) is 76.7 Å². The Morgan fingerprint density at radius 2 is 1.44 bits per heavy atom. The maximum absolute atomic E-state index is 13.3. The van der Waals surface area contributed by atoms with Crippen LogP contribution >= 0.6 is 0 Å². The monoisotopic (exact) mass is 767 g/mol. The molecule has 0 saturated carbocycles. The molecule has 1 atom stereocenters. The van der Waals surface area contributed by atoms with Crippen LogP contribution in [0.5, 0.6) is 11.5 Å². The molecule has 2 amide bonds. The van der Waals surface area contributed by atoms with E-state index in [1.165, 1.54) is 33.5 Å². The molecular formula is C47H53N5O5. The van der Waals surface area contributed by atoms with Crippen molar-refractivity contribution in [2.45, 2.75) is 57.5 Å². The van der Waals surface area contributed by atoms with Crippen LogP contribution in [0.4, 0.5) is 11.4 Å². The Labute approximate surface area is 335 Å². The highest BCUT2D eigenvalue weighted by atomic mass is 16.3. The van der Waals surface area contributed by atoms with Gasteiger partial charge in [0.1, 0.15) is 23.8 Å². The van der Waals surface area contributed by atoms with Crippen LogP contribution in [0.2, 0.25) is 0 Å². The molecule has 4 aliphatic rings. The molecule has 3 N–H and O–H groups in total. The summed E-state index contributed by atoms with van der Waals surface area (Å²) in [6, 6.07) is 27.7. The van der Waals surface area contributed by atoms with Crippen LogP contribution in [0, 0.1) is 5.92 Å². The zero-order valence-electron chi connectivity index (χ0n) is 32.8. The van der Waals surface area contributed by atoms with Gasteiger partial charge in [0.25, 0.3) is 5.91 Å². The molecule has 0 radical (unpaired) electrons. The van der Waals surface area contributed by atoms with Crippen LogP contribution in [0.25, 0.3) is 11.1 Å². The van der Waals surface area contributed by atoms with E-state index in [-0.39, 0.29) is 24.0 Å². The van der Waals surface area contributed by atoms with Crippen molar-refractivity contribution in [3.05, 3.63) is 118 Å². The van der Waals surface area contributed by atoms with Crippen LogP contribution in [-0.2, 0) is 22.6 Å². The predicted molar refractivity (Wildman–Crippen MR) is 225 cm³/mol. The summed E-state index contributed by atoms with van der Waals surface area (Å²) in [5.74, 6) is 0.835. The van der Waals surface area contributed by atoms with E-state index in [1.807, 2.05) is 30.3 Å². The molecule has 1 aliphatic carbocycles. The van der Waals surface area contributed by atoms with Crippen molar-refractivity contribution in [1.29, 1.82) is 0 Å². The minimum absolute atomic E-state index is 0.148. The van der Waals surface area contributed by atoms with Gasteiger partial charge in [-0.1, -0.05) is 30.3 Å². The van der Waals surface area contributed by atoms with Crippen molar-refractivity contribution in [1.82, 2.24) is 15.1 Å². The van der Waals surface area contributed by atoms with Crippen molar-refractivity contribution in [3.63, 3.8) is 0 Å². The number of carbonyl (C=O) groups is 3. The molecule has 8 rings (SSSR count). The number of nitrogens with zero attached hydrogens (tertiary/aromatic N) is 4. The van der Waals surface area contributed by atoms with Crippen molar-refractivity contribution in [2.24, 2.45) is 5.92 Å². The first-order chi connectivity index (χ1) is 27.8. The summed E-state index contributed by atoms with van der Waals surface area (Å²) in [6.45, 7) is 7.42. The van der Waals surface area contributed by atoms with Crippen LogP contribution < -0.4 is 15.1 Å². The van der Waals surface area contributed by atoms with E-state index >= 15 is 0 Å². The van der Waals surface area contributed by atoms with Crippen LogP contribution in [0.15, 0.2) is 84.9 Å². The Morgan fingerprint density at radius 1 is 0.772 bits per heavy atom. The van der Waals surface area contributed by atoms with Crippen molar-refractivity contribution in [2.75, 3.05) is 62.7 Å². The number of anilines is 2. The van der Waals surface area contributed by atoms with Gasteiger partial charge in [-0.15, -0.1) is 0 Å².